The van der Waals surface area contributed by atoms with Gasteiger partial charge in [0.2, 0.25) is 5.95 Å². The van der Waals surface area contributed by atoms with E-state index < -0.39 is 0 Å². The predicted octanol–water partition coefficient (Wildman–Crippen LogP) is 5.65. The number of benzene rings is 2. The Morgan fingerprint density at radius 3 is 2.13 bits per heavy atom. The molecule has 0 spiro atoms. The number of nitrogens with zero attached hydrogens (tertiary/aromatic N) is 4. The summed E-state index contributed by atoms with van der Waals surface area (Å²) in [6, 6.07) is 12.2. The molecule has 0 amide bonds. The highest BCUT2D eigenvalue weighted by molar-refractivity contribution is 5.85. The van der Waals surface area contributed by atoms with Crippen LogP contribution in [0.4, 0.5) is 5.95 Å². The van der Waals surface area contributed by atoms with Gasteiger partial charge < -0.3 is 14.6 Å². The van der Waals surface area contributed by atoms with Crippen LogP contribution in [0.5, 0.6) is 5.75 Å². The lowest BCUT2D eigenvalue weighted by Gasteiger charge is -2.27. The van der Waals surface area contributed by atoms with Gasteiger partial charge in [-0.25, -0.2) is 9.98 Å². The van der Waals surface area contributed by atoms with E-state index >= 15 is 0 Å². The largest absolute Gasteiger partial charge is 0.507 e. The molecular formula is C26H36N4O. The molecule has 0 saturated carbocycles. The summed E-state index contributed by atoms with van der Waals surface area (Å²) in [5, 5.41) is 11.0. The summed E-state index contributed by atoms with van der Waals surface area (Å²) in [7, 11) is 4.14. The van der Waals surface area contributed by atoms with Crippen LogP contribution in [0.1, 0.15) is 58.2 Å². The molecule has 166 valence electrons. The summed E-state index contributed by atoms with van der Waals surface area (Å²) in [5.74, 6) is 1.08. The SMILES string of the molecule is CN(C)CCn1c(/N=C/c2cc(C(C)(C)C)c(O)c(C(C)(C)C)c2)nc2ccccc21. The second kappa shape index (κ2) is 8.46. The maximum atomic E-state index is 11.0. The minimum atomic E-state index is -0.174. The average molecular weight is 421 g/mol. The summed E-state index contributed by atoms with van der Waals surface area (Å²) in [6.07, 6.45) is 1.87. The molecule has 2 aromatic carbocycles. The molecule has 5 heteroatoms. The molecule has 0 radical (unpaired) electrons. The van der Waals surface area contributed by atoms with Crippen LogP contribution in [0.15, 0.2) is 41.4 Å². The van der Waals surface area contributed by atoms with Gasteiger partial charge in [-0.2, -0.15) is 0 Å². The molecule has 0 fully saturated rings. The lowest BCUT2D eigenvalue weighted by Crippen LogP contribution is -2.18. The van der Waals surface area contributed by atoms with Gasteiger partial charge in [0.1, 0.15) is 5.75 Å². The van der Waals surface area contributed by atoms with Crippen LogP contribution in [0.25, 0.3) is 11.0 Å². The molecule has 0 unspecified atom stereocenters. The fourth-order valence-corrected chi connectivity index (χ4v) is 3.69. The molecule has 5 nitrogen and oxygen atoms in total. The molecule has 3 rings (SSSR count). The first kappa shape index (κ1) is 23.0. The van der Waals surface area contributed by atoms with Gasteiger partial charge in [-0.15, -0.1) is 0 Å². The summed E-state index contributed by atoms with van der Waals surface area (Å²) in [5.41, 5.74) is 4.53. The van der Waals surface area contributed by atoms with Crippen LogP contribution >= 0.6 is 0 Å². The van der Waals surface area contributed by atoms with Crippen molar-refractivity contribution in [1.82, 2.24) is 14.5 Å². The Morgan fingerprint density at radius 2 is 1.58 bits per heavy atom. The third-order valence-electron chi connectivity index (χ3n) is 5.48. The lowest BCUT2D eigenvalue weighted by molar-refractivity contribution is 0.387. The van der Waals surface area contributed by atoms with Crippen molar-refractivity contribution in [3.63, 3.8) is 0 Å². The van der Waals surface area contributed by atoms with E-state index in [2.05, 4.69) is 71.2 Å². The van der Waals surface area contributed by atoms with E-state index in [1.54, 1.807) is 0 Å². The van der Waals surface area contributed by atoms with Crippen molar-refractivity contribution in [2.24, 2.45) is 4.99 Å². The monoisotopic (exact) mass is 420 g/mol. The van der Waals surface area contributed by atoms with Crippen LogP contribution < -0.4 is 0 Å². The smallest absolute Gasteiger partial charge is 0.230 e. The van der Waals surface area contributed by atoms with Gasteiger partial charge in [0.25, 0.3) is 0 Å². The van der Waals surface area contributed by atoms with Crippen LogP contribution in [0.2, 0.25) is 0 Å². The van der Waals surface area contributed by atoms with Gasteiger partial charge in [-0.05, 0) is 54.8 Å². The third-order valence-corrected chi connectivity index (χ3v) is 5.48. The normalized spacial score (nSPS) is 13.1. The number of aromatic nitrogens is 2. The summed E-state index contributed by atoms with van der Waals surface area (Å²) in [4.78, 5) is 11.7. The fourth-order valence-electron chi connectivity index (χ4n) is 3.69. The lowest BCUT2D eigenvalue weighted by atomic mass is 9.78. The maximum Gasteiger partial charge on any atom is 0.230 e. The Bertz CT molecular complexity index is 1060. The summed E-state index contributed by atoms with van der Waals surface area (Å²) < 4.78 is 2.17. The first-order valence-corrected chi connectivity index (χ1v) is 10.9. The van der Waals surface area contributed by atoms with Gasteiger partial charge in [0.05, 0.1) is 11.0 Å². The minimum absolute atomic E-state index is 0.174. The molecule has 1 N–H and O–H groups in total. The number of phenolic OH excluding ortho intramolecular Hbond substituents is 1. The molecule has 0 bridgehead atoms. The number of para-hydroxylation sites is 2. The predicted molar refractivity (Wildman–Crippen MR) is 131 cm³/mol. The zero-order valence-electron chi connectivity index (χ0n) is 20.2. The van der Waals surface area contributed by atoms with E-state index in [0.717, 1.165) is 40.8 Å². The molecule has 1 aromatic heterocycles. The zero-order valence-corrected chi connectivity index (χ0v) is 20.2. The Balaban J connectivity index is 2.09. The Hall–Kier alpha value is -2.66. The van der Waals surface area contributed by atoms with E-state index in [-0.39, 0.29) is 10.8 Å². The highest BCUT2D eigenvalue weighted by Crippen LogP contribution is 2.39. The molecular weight excluding hydrogens is 384 g/mol. The minimum Gasteiger partial charge on any atom is -0.507 e. The van der Waals surface area contributed by atoms with E-state index in [4.69, 9.17) is 9.98 Å². The van der Waals surface area contributed by atoms with Crippen molar-refractivity contribution in [2.45, 2.75) is 58.9 Å². The van der Waals surface area contributed by atoms with Gasteiger partial charge in [-0.3, -0.25) is 0 Å². The number of hydrogen-bond donors (Lipinski definition) is 1. The molecule has 1 heterocycles. The molecule has 0 saturated heterocycles. The van der Waals surface area contributed by atoms with Gasteiger partial charge >= 0.3 is 0 Å². The quantitative estimate of drug-likeness (QED) is 0.543. The van der Waals surface area contributed by atoms with Crippen molar-refractivity contribution in [3.8, 4) is 5.75 Å². The summed E-state index contributed by atoms with van der Waals surface area (Å²) >= 11 is 0. The van der Waals surface area contributed by atoms with Gasteiger partial charge in [-0.1, -0.05) is 53.7 Å². The number of phenols is 1. The number of imidazole rings is 1. The van der Waals surface area contributed by atoms with Crippen molar-refractivity contribution in [3.05, 3.63) is 53.1 Å². The Morgan fingerprint density at radius 1 is 1.00 bits per heavy atom. The maximum absolute atomic E-state index is 11.0. The van der Waals surface area contributed by atoms with Crippen LogP contribution in [0.3, 0.4) is 0 Å². The average Bonchev–Trinajstić information content (AvgIpc) is 3.01. The second-order valence-electron chi connectivity index (χ2n) is 10.6. The van der Waals surface area contributed by atoms with E-state index in [1.807, 2.05) is 36.5 Å². The van der Waals surface area contributed by atoms with Crippen molar-refractivity contribution >= 4 is 23.2 Å². The number of aliphatic imine (C=N–C) groups is 1. The summed E-state index contributed by atoms with van der Waals surface area (Å²) in [6.45, 7) is 14.4. The Kier molecular flexibility index (Phi) is 6.28. The second-order valence-corrected chi connectivity index (χ2v) is 10.6. The number of likely N-dealkylation sites (N-methyl/N-ethyl adjacent to an activating group) is 1. The molecule has 0 aliphatic heterocycles. The highest BCUT2D eigenvalue weighted by atomic mass is 16.3. The van der Waals surface area contributed by atoms with Crippen molar-refractivity contribution in [2.75, 3.05) is 20.6 Å². The van der Waals surface area contributed by atoms with E-state index in [0.29, 0.717) is 11.7 Å². The number of hydrogen-bond acceptors (Lipinski definition) is 4. The number of rotatable bonds is 5. The molecule has 0 atom stereocenters. The van der Waals surface area contributed by atoms with Gasteiger partial charge in [0, 0.05) is 30.4 Å². The van der Waals surface area contributed by atoms with E-state index in [9.17, 15) is 5.11 Å². The fraction of sp³-hybridized carbons (Fsp3) is 0.462. The molecule has 0 aliphatic carbocycles. The third kappa shape index (κ3) is 5.16. The zero-order chi connectivity index (χ0) is 23.0. The molecule has 3 aromatic rings. The highest BCUT2D eigenvalue weighted by Gasteiger charge is 2.26. The topological polar surface area (TPSA) is 53.7 Å². The molecule has 31 heavy (non-hydrogen) atoms. The Labute approximate surface area is 186 Å². The van der Waals surface area contributed by atoms with Crippen LogP contribution in [-0.2, 0) is 17.4 Å². The van der Waals surface area contributed by atoms with E-state index in [1.165, 1.54) is 0 Å². The van der Waals surface area contributed by atoms with Crippen LogP contribution in [0, 0.1) is 0 Å². The van der Waals surface area contributed by atoms with Crippen molar-refractivity contribution < 1.29 is 5.11 Å². The van der Waals surface area contributed by atoms with Gasteiger partial charge in [0.15, 0.2) is 0 Å². The number of fused-ring (bicyclic) bond motifs is 1. The van der Waals surface area contributed by atoms with Crippen molar-refractivity contribution in [1.29, 1.82) is 0 Å². The first-order valence-electron chi connectivity index (χ1n) is 10.9. The number of aromatic hydroxyl groups is 1. The standard InChI is InChI=1S/C26H36N4O/c1-25(2,3)19-15-18(16-20(23(19)31)26(4,5)6)17-27-24-28-21-11-9-10-12-22(21)30(24)14-13-29(7)8/h9-12,15-17,31H,13-14H2,1-8H3/b27-17+. The van der Waals surface area contributed by atoms with Crippen LogP contribution in [-0.4, -0.2) is 46.4 Å². The first-order chi connectivity index (χ1) is 14.4. The molecule has 0 aliphatic rings.